The Morgan fingerprint density at radius 3 is 2.81 bits per heavy atom. The van der Waals surface area contributed by atoms with Crippen LogP contribution in [0.2, 0.25) is 5.02 Å². The summed E-state index contributed by atoms with van der Waals surface area (Å²) in [5.41, 5.74) is 2.17. The molecule has 0 spiro atoms. The van der Waals surface area contributed by atoms with E-state index in [1.165, 1.54) is 30.5 Å². The van der Waals surface area contributed by atoms with E-state index >= 15 is 0 Å². The second kappa shape index (κ2) is 8.28. The molecule has 0 fully saturated rings. The number of carboxylic acid groups (broad SMARTS) is 1. The molecule has 2 aromatic heterocycles. The van der Waals surface area contributed by atoms with Crippen molar-refractivity contribution in [1.29, 1.82) is 0 Å². The van der Waals surface area contributed by atoms with E-state index in [4.69, 9.17) is 16.3 Å². The summed E-state index contributed by atoms with van der Waals surface area (Å²) in [5, 5.41) is 9.25. The standard InChI is InChI=1S/C19H17ClFN3O3/c1-27-8-2-7-24-11-23-17(16-10-13(19(25)26)5-6-22-16)18(24)12-3-4-14(20)15(21)9-12/h3-6,9-11H,2,7-8H2,1H3,(H,25,26). The van der Waals surface area contributed by atoms with Gasteiger partial charge in [-0.1, -0.05) is 17.7 Å². The molecular formula is C19H17ClFN3O3. The summed E-state index contributed by atoms with van der Waals surface area (Å²) in [5.74, 6) is -1.60. The van der Waals surface area contributed by atoms with Crippen LogP contribution in [0.3, 0.4) is 0 Å². The van der Waals surface area contributed by atoms with Gasteiger partial charge in [-0.3, -0.25) is 4.98 Å². The van der Waals surface area contributed by atoms with Gasteiger partial charge in [-0.15, -0.1) is 0 Å². The van der Waals surface area contributed by atoms with E-state index in [1.54, 1.807) is 19.5 Å². The lowest BCUT2D eigenvalue weighted by Crippen LogP contribution is -2.03. The Labute approximate surface area is 160 Å². The lowest BCUT2D eigenvalue weighted by Gasteiger charge is -2.11. The SMILES string of the molecule is COCCCn1cnc(-c2cc(C(=O)O)ccn2)c1-c1ccc(Cl)c(F)c1. The molecule has 140 valence electrons. The number of aromatic carboxylic acids is 1. The summed E-state index contributed by atoms with van der Waals surface area (Å²) in [7, 11) is 1.62. The van der Waals surface area contributed by atoms with E-state index in [1.807, 2.05) is 4.57 Å². The maximum atomic E-state index is 14.0. The van der Waals surface area contributed by atoms with Gasteiger partial charge < -0.3 is 14.4 Å². The van der Waals surface area contributed by atoms with Crippen LogP contribution in [0.5, 0.6) is 0 Å². The molecule has 0 atom stereocenters. The Balaban J connectivity index is 2.12. The molecule has 0 saturated heterocycles. The lowest BCUT2D eigenvalue weighted by molar-refractivity contribution is 0.0697. The Morgan fingerprint density at radius 1 is 1.30 bits per heavy atom. The molecule has 0 bridgehead atoms. The van der Waals surface area contributed by atoms with Crippen LogP contribution in [0.1, 0.15) is 16.8 Å². The summed E-state index contributed by atoms with van der Waals surface area (Å²) in [6, 6.07) is 7.35. The van der Waals surface area contributed by atoms with Crippen LogP contribution < -0.4 is 0 Å². The number of halogens is 2. The van der Waals surface area contributed by atoms with Crippen LogP contribution in [0.4, 0.5) is 4.39 Å². The van der Waals surface area contributed by atoms with Crippen molar-refractivity contribution < 1.29 is 19.0 Å². The fourth-order valence-corrected chi connectivity index (χ4v) is 2.88. The Morgan fingerprint density at radius 2 is 2.11 bits per heavy atom. The number of aromatic nitrogens is 3. The average Bonchev–Trinajstić information content (AvgIpc) is 3.08. The smallest absolute Gasteiger partial charge is 0.335 e. The monoisotopic (exact) mass is 389 g/mol. The molecule has 0 amide bonds. The number of carbonyl (C=O) groups is 1. The zero-order chi connectivity index (χ0) is 19.4. The number of methoxy groups -OCH3 is 1. The summed E-state index contributed by atoms with van der Waals surface area (Å²) in [6.07, 6.45) is 3.77. The molecule has 0 unspecified atom stereocenters. The molecule has 1 N–H and O–H groups in total. The predicted molar refractivity (Wildman–Crippen MR) is 99.3 cm³/mol. The molecule has 0 radical (unpaired) electrons. The number of nitrogens with zero attached hydrogens (tertiary/aromatic N) is 3. The van der Waals surface area contributed by atoms with Crippen molar-refractivity contribution in [3.63, 3.8) is 0 Å². The predicted octanol–water partition coefficient (Wildman–Crippen LogP) is 4.14. The molecule has 0 aliphatic carbocycles. The number of aryl methyl sites for hydroxylation is 1. The molecule has 3 aromatic rings. The van der Waals surface area contributed by atoms with Gasteiger partial charge in [0.1, 0.15) is 11.5 Å². The van der Waals surface area contributed by atoms with Gasteiger partial charge in [0.25, 0.3) is 0 Å². The summed E-state index contributed by atoms with van der Waals surface area (Å²) < 4.78 is 21.0. The molecule has 2 heterocycles. The highest BCUT2D eigenvalue weighted by Crippen LogP contribution is 2.32. The van der Waals surface area contributed by atoms with Gasteiger partial charge in [0, 0.05) is 32.0 Å². The fourth-order valence-electron chi connectivity index (χ4n) is 2.76. The second-order valence-electron chi connectivity index (χ2n) is 5.85. The minimum absolute atomic E-state index is 0.0248. The van der Waals surface area contributed by atoms with Crippen molar-refractivity contribution in [3.8, 4) is 22.6 Å². The van der Waals surface area contributed by atoms with E-state index in [0.29, 0.717) is 35.8 Å². The maximum Gasteiger partial charge on any atom is 0.335 e. The second-order valence-corrected chi connectivity index (χ2v) is 6.25. The zero-order valence-electron chi connectivity index (χ0n) is 14.5. The average molecular weight is 390 g/mol. The highest BCUT2D eigenvalue weighted by Gasteiger charge is 2.18. The van der Waals surface area contributed by atoms with Gasteiger partial charge in [0.15, 0.2) is 0 Å². The first-order valence-corrected chi connectivity index (χ1v) is 8.58. The normalized spacial score (nSPS) is 10.9. The number of hydrogen-bond donors (Lipinski definition) is 1. The van der Waals surface area contributed by atoms with E-state index in [9.17, 15) is 14.3 Å². The molecule has 0 aliphatic rings. The van der Waals surface area contributed by atoms with Crippen LogP contribution >= 0.6 is 11.6 Å². The van der Waals surface area contributed by atoms with E-state index in [2.05, 4.69) is 9.97 Å². The third-order valence-corrected chi connectivity index (χ3v) is 4.33. The highest BCUT2D eigenvalue weighted by molar-refractivity contribution is 6.30. The number of ether oxygens (including phenoxy) is 1. The number of pyridine rings is 1. The molecule has 27 heavy (non-hydrogen) atoms. The maximum absolute atomic E-state index is 14.0. The van der Waals surface area contributed by atoms with Crippen LogP contribution in [-0.4, -0.2) is 39.3 Å². The van der Waals surface area contributed by atoms with Crippen molar-refractivity contribution in [1.82, 2.24) is 14.5 Å². The minimum atomic E-state index is -1.06. The van der Waals surface area contributed by atoms with Crippen molar-refractivity contribution in [2.75, 3.05) is 13.7 Å². The van der Waals surface area contributed by atoms with Crippen LogP contribution in [0, 0.1) is 5.82 Å². The fraction of sp³-hybridized carbons (Fsp3) is 0.211. The van der Waals surface area contributed by atoms with Gasteiger partial charge in [0.2, 0.25) is 0 Å². The third kappa shape index (κ3) is 4.15. The van der Waals surface area contributed by atoms with Gasteiger partial charge in [-0.05, 0) is 30.7 Å². The summed E-state index contributed by atoms with van der Waals surface area (Å²) in [6.45, 7) is 1.16. The third-order valence-electron chi connectivity index (χ3n) is 4.03. The molecule has 3 rings (SSSR count). The zero-order valence-corrected chi connectivity index (χ0v) is 15.3. The first-order chi connectivity index (χ1) is 13.0. The van der Waals surface area contributed by atoms with Crippen molar-refractivity contribution in [3.05, 3.63) is 59.3 Å². The van der Waals surface area contributed by atoms with Gasteiger partial charge in [-0.25, -0.2) is 14.2 Å². The van der Waals surface area contributed by atoms with Crippen LogP contribution in [-0.2, 0) is 11.3 Å². The Bertz CT molecular complexity index is 975. The van der Waals surface area contributed by atoms with E-state index < -0.39 is 11.8 Å². The number of imidazole rings is 1. The lowest BCUT2D eigenvalue weighted by atomic mass is 10.1. The quantitative estimate of drug-likeness (QED) is 0.614. The summed E-state index contributed by atoms with van der Waals surface area (Å²) >= 11 is 5.81. The van der Waals surface area contributed by atoms with Crippen molar-refractivity contribution in [2.24, 2.45) is 0 Å². The highest BCUT2D eigenvalue weighted by atomic mass is 35.5. The van der Waals surface area contributed by atoms with Gasteiger partial charge in [0.05, 0.1) is 28.3 Å². The topological polar surface area (TPSA) is 77.2 Å². The Hall–Kier alpha value is -2.77. The van der Waals surface area contributed by atoms with Crippen LogP contribution in [0.15, 0.2) is 42.9 Å². The number of carboxylic acids is 1. The van der Waals surface area contributed by atoms with Crippen molar-refractivity contribution >= 4 is 17.6 Å². The Kier molecular flexibility index (Phi) is 5.83. The number of benzene rings is 1. The van der Waals surface area contributed by atoms with Gasteiger partial charge >= 0.3 is 5.97 Å². The van der Waals surface area contributed by atoms with Crippen molar-refractivity contribution in [2.45, 2.75) is 13.0 Å². The van der Waals surface area contributed by atoms with E-state index in [-0.39, 0.29) is 10.6 Å². The largest absolute Gasteiger partial charge is 0.478 e. The number of hydrogen-bond acceptors (Lipinski definition) is 4. The molecule has 1 aromatic carbocycles. The minimum Gasteiger partial charge on any atom is -0.478 e. The van der Waals surface area contributed by atoms with Gasteiger partial charge in [-0.2, -0.15) is 0 Å². The molecule has 0 aliphatic heterocycles. The molecule has 0 saturated carbocycles. The number of rotatable bonds is 7. The van der Waals surface area contributed by atoms with Crippen LogP contribution in [0.25, 0.3) is 22.6 Å². The van der Waals surface area contributed by atoms with E-state index in [0.717, 1.165) is 6.42 Å². The summed E-state index contributed by atoms with van der Waals surface area (Å²) in [4.78, 5) is 19.9. The first-order valence-electron chi connectivity index (χ1n) is 8.20. The molecular weight excluding hydrogens is 373 g/mol. The molecule has 6 nitrogen and oxygen atoms in total. The molecule has 8 heteroatoms. The first kappa shape index (κ1) is 19.0.